The Hall–Kier alpha value is -1.04. The average molecular weight is 315 g/mol. The van der Waals surface area contributed by atoms with Crippen LogP contribution in [0.1, 0.15) is 13.3 Å². The molecule has 1 heterocycles. The summed E-state index contributed by atoms with van der Waals surface area (Å²) in [6, 6.07) is 7.49. The third-order valence-electron chi connectivity index (χ3n) is 2.13. The van der Waals surface area contributed by atoms with Crippen LogP contribution in [0.15, 0.2) is 34.3 Å². The van der Waals surface area contributed by atoms with Crippen molar-refractivity contribution in [2.24, 2.45) is 0 Å². The minimum absolute atomic E-state index is 0.179. The van der Waals surface area contributed by atoms with E-state index in [4.69, 9.17) is 23.2 Å². The third-order valence-corrected chi connectivity index (χ3v) is 3.38. The lowest BCUT2D eigenvalue weighted by Gasteiger charge is -2.05. The van der Waals surface area contributed by atoms with E-state index < -0.39 is 0 Å². The lowest BCUT2D eigenvalue weighted by molar-refractivity contribution is 0.878. The Morgan fingerprint density at radius 3 is 2.79 bits per heavy atom. The Balaban J connectivity index is 2.17. The van der Waals surface area contributed by atoms with Gasteiger partial charge in [-0.05, 0) is 48.0 Å². The normalized spacial score (nSPS) is 10.5. The van der Waals surface area contributed by atoms with Gasteiger partial charge in [-0.15, -0.1) is 0 Å². The van der Waals surface area contributed by atoms with Crippen molar-refractivity contribution < 1.29 is 0 Å². The zero-order chi connectivity index (χ0) is 13.7. The summed E-state index contributed by atoms with van der Waals surface area (Å²) in [5.41, 5.74) is 0. The van der Waals surface area contributed by atoms with Crippen molar-refractivity contribution in [2.45, 2.75) is 23.4 Å². The van der Waals surface area contributed by atoms with Crippen LogP contribution in [-0.4, -0.2) is 21.5 Å². The van der Waals surface area contributed by atoms with Gasteiger partial charge >= 0.3 is 0 Å². The van der Waals surface area contributed by atoms with Crippen LogP contribution in [0, 0.1) is 0 Å². The fourth-order valence-electron chi connectivity index (χ4n) is 1.33. The summed E-state index contributed by atoms with van der Waals surface area (Å²) in [4.78, 5) is 13.4. The van der Waals surface area contributed by atoms with Gasteiger partial charge in [0.2, 0.25) is 11.2 Å². The minimum atomic E-state index is 0.179. The van der Waals surface area contributed by atoms with Gasteiger partial charge in [0, 0.05) is 16.5 Å². The van der Waals surface area contributed by atoms with Crippen molar-refractivity contribution in [1.82, 2.24) is 15.0 Å². The first-order valence-electron chi connectivity index (χ1n) is 5.76. The van der Waals surface area contributed by atoms with Crippen LogP contribution in [0.2, 0.25) is 10.3 Å². The molecule has 0 radical (unpaired) electrons. The maximum atomic E-state index is 5.94. The summed E-state index contributed by atoms with van der Waals surface area (Å²) in [5.74, 6) is 0.492. The van der Waals surface area contributed by atoms with Crippen molar-refractivity contribution >= 4 is 40.9 Å². The Labute approximate surface area is 126 Å². The molecular weight excluding hydrogens is 303 g/mol. The van der Waals surface area contributed by atoms with E-state index in [0.717, 1.165) is 17.9 Å². The number of nitrogens with one attached hydrogen (secondary N) is 1. The molecular formula is C12H12Cl2N4S. The Morgan fingerprint density at radius 2 is 2.05 bits per heavy atom. The minimum Gasteiger partial charge on any atom is -0.354 e. The highest BCUT2D eigenvalue weighted by molar-refractivity contribution is 7.99. The quantitative estimate of drug-likeness (QED) is 0.898. The van der Waals surface area contributed by atoms with Crippen molar-refractivity contribution in [2.75, 3.05) is 11.9 Å². The van der Waals surface area contributed by atoms with E-state index in [0.29, 0.717) is 16.1 Å². The first-order valence-corrected chi connectivity index (χ1v) is 7.33. The fraction of sp³-hybridized carbons (Fsp3) is 0.250. The summed E-state index contributed by atoms with van der Waals surface area (Å²) in [5, 5.41) is 4.48. The van der Waals surface area contributed by atoms with Crippen LogP contribution >= 0.6 is 35.0 Å². The van der Waals surface area contributed by atoms with E-state index in [2.05, 4.69) is 27.2 Å². The standard InChI is InChI=1S/C12H12Cl2N4S/c1-2-6-15-11-16-10(14)17-12(18-11)19-9-5-3-4-8(13)7-9/h3-5,7H,2,6H2,1H3,(H,15,16,17,18). The maximum Gasteiger partial charge on any atom is 0.228 e. The van der Waals surface area contributed by atoms with Crippen LogP contribution in [-0.2, 0) is 0 Å². The molecule has 100 valence electrons. The van der Waals surface area contributed by atoms with E-state index in [1.54, 1.807) is 0 Å². The summed E-state index contributed by atoms with van der Waals surface area (Å²) in [7, 11) is 0. The lowest BCUT2D eigenvalue weighted by Crippen LogP contribution is -2.06. The van der Waals surface area contributed by atoms with E-state index in [-0.39, 0.29) is 5.28 Å². The van der Waals surface area contributed by atoms with Gasteiger partial charge in [-0.25, -0.2) is 0 Å². The molecule has 0 atom stereocenters. The lowest BCUT2D eigenvalue weighted by atomic mass is 10.4. The number of anilines is 1. The smallest absolute Gasteiger partial charge is 0.228 e. The van der Waals surface area contributed by atoms with Gasteiger partial charge < -0.3 is 5.32 Å². The molecule has 0 saturated carbocycles. The SMILES string of the molecule is CCCNc1nc(Cl)nc(Sc2cccc(Cl)c2)n1. The molecule has 0 fully saturated rings. The molecule has 1 aromatic carbocycles. The summed E-state index contributed by atoms with van der Waals surface area (Å²) in [6.45, 7) is 2.86. The van der Waals surface area contributed by atoms with Crippen molar-refractivity contribution in [3.05, 3.63) is 34.6 Å². The largest absolute Gasteiger partial charge is 0.354 e. The predicted molar refractivity (Wildman–Crippen MR) is 79.2 cm³/mol. The summed E-state index contributed by atoms with van der Waals surface area (Å²) >= 11 is 13.2. The monoisotopic (exact) mass is 314 g/mol. The zero-order valence-electron chi connectivity index (χ0n) is 10.2. The number of aromatic nitrogens is 3. The molecule has 0 unspecified atom stereocenters. The highest BCUT2D eigenvalue weighted by atomic mass is 35.5. The molecule has 7 heteroatoms. The average Bonchev–Trinajstić information content (AvgIpc) is 2.35. The van der Waals surface area contributed by atoms with Crippen molar-refractivity contribution in [3.63, 3.8) is 0 Å². The second-order valence-electron chi connectivity index (χ2n) is 3.70. The molecule has 1 N–H and O–H groups in total. The van der Waals surface area contributed by atoms with Gasteiger partial charge in [-0.1, -0.05) is 24.6 Å². The highest BCUT2D eigenvalue weighted by Crippen LogP contribution is 2.27. The van der Waals surface area contributed by atoms with Gasteiger partial charge in [-0.2, -0.15) is 15.0 Å². The molecule has 0 amide bonds. The first-order chi connectivity index (χ1) is 9.17. The third kappa shape index (κ3) is 4.53. The number of rotatable bonds is 5. The molecule has 2 rings (SSSR count). The second-order valence-corrected chi connectivity index (χ2v) is 5.51. The molecule has 4 nitrogen and oxygen atoms in total. The van der Waals surface area contributed by atoms with Crippen LogP contribution in [0.4, 0.5) is 5.95 Å². The molecule has 0 aliphatic rings. The van der Waals surface area contributed by atoms with E-state index in [9.17, 15) is 0 Å². The molecule has 0 bridgehead atoms. The number of benzene rings is 1. The van der Waals surface area contributed by atoms with Gasteiger partial charge in [0.1, 0.15) is 0 Å². The predicted octanol–water partition coefficient (Wildman–Crippen LogP) is 4.15. The molecule has 0 spiro atoms. The van der Waals surface area contributed by atoms with Gasteiger partial charge in [0.15, 0.2) is 5.16 Å². The summed E-state index contributed by atoms with van der Waals surface area (Å²) < 4.78 is 0. The molecule has 19 heavy (non-hydrogen) atoms. The molecule has 0 aliphatic heterocycles. The molecule has 2 aromatic rings. The van der Waals surface area contributed by atoms with E-state index in [1.165, 1.54) is 11.8 Å². The Bertz CT molecular complexity index is 565. The van der Waals surface area contributed by atoms with Crippen LogP contribution < -0.4 is 5.32 Å². The van der Waals surface area contributed by atoms with Crippen LogP contribution in [0.3, 0.4) is 0 Å². The van der Waals surface area contributed by atoms with Crippen molar-refractivity contribution in [1.29, 1.82) is 0 Å². The second kappa shape index (κ2) is 6.93. The number of hydrogen-bond donors (Lipinski definition) is 1. The number of halogens is 2. The van der Waals surface area contributed by atoms with E-state index >= 15 is 0 Å². The van der Waals surface area contributed by atoms with Gasteiger partial charge in [0.05, 0.1) is 0 Å². The topological polar surface area (TPSA) is 50.7 Å². The van der Waals surface area contributed by atoms with Gasteiger partial charge in [0.25, 0.3) is 0 Å². The molecule has 1 aromatic heterocycles. The van der Waals surface area contributed by atoms with E-state index in [1.807, 2.05) is 24.3 Å². The van der Waals surface area contributed by atoms with Crippen LogP contribution in [0.5, 0.6) is 0 Å². The van der Waals surface area contributed by atoms with Crippen molar-refractivity contribution in [3.8, 4) is 0 Å². The number of hydrogen-bond acceptors (Lipinski definition) is 5. The Kier molecular flexibility index (Phi) is 5.24. The molecule has 0 aliphatic carbocycles. The highest BCUT2D eigenvalue weighted by Gasteiger charge is 2.06. The maximum absolute atomic E-state index is 5.94. The van der Waals surface area contributed by atoms with Gasteiger partial charge in [-0.3, -0.25) is 0 Å². The number of nitrogens with zero attached hydrogens (tertiary/aromatic N) is 3. The zero-order valence-corrected chi connectivity index (χ0v) is 12.6. The first kappa shape index (κ1) is 14.4. The molecule has 0 saturated heterocycles. The summed E-state index contributed by atoms with van der Waals surface area (Å²) in [6.07, 6.45) is 0.986. The Morgan fingerprint density at radius 1 is 1.21 bits per heavy atom. The fourth-order valence-corrected chi connectivity index (χ4v) is 2.60. The van der Waals surface area contributed by atoms with Crippen LogP contribution in [0.25, 0.3) is 0 Å².